The Bertz CT molecular complexity index is 2230. The Morgan fingerprint density at radius 1 is 0.703 bits per heavy atom. The zero-order valence-corrected chi connectivity index (χ0v) is 38.4. The minimum absolute atomic E-state index is 0.0844. The first-order chi connectivity index (χ1) is 30.6. The number of rotatable bonds is 19. The van der Waals surface area contributed by atoms with Crippen molar-refractivity contribution in [2.45, 2.75) is 25.9 Å². The van der Waals surface area contributed by atoms with Crippen LogP contribution in [0, 0.1) is 11.6 Å². The van der Waals surface area contributed by atoms with Gasteiger partial charge in [0, 0.05) is 44.1 Å². The van der Waals surface area contributed by atoms with E-state index < -0.39 is 37.7 Å². The number of methoxy groups -OCH3 is 1. The van der Waals surface area contributed by atoms with Gasteiger partial charge in [-0.15, -0.1) is 0 Å². The SMILES string of the molecule is COC(=O)c1ccc(CN(c2ccc(F)c(Cl)c2)S(=O)(=O)CCCN2CCOCC2)nc1.NCC(=O)c1ccc(CN(c2ccc(F)c(Cl)c2)S(=O)(=O)CCCN2CCOCC2)nc1. The van der Waals surface area contributed by atoms with Crippen LogP contribution in [0.15, 0.2) is 73.1 Å². The predicted molar refractivity (Wildman–Crippen MR) is 240 cm³/mol. The minimum atomic E-state index is -3.77. The number of ketones is 1. The molecule has 0 saturated carbocycles. The molecule has 0 atom stereocenters. The van der Waals surface area contributed by atoms with Crippen molar-refractivity contribution in [2.75, 3.05) is 99.5 Å². The number of hydrogen-bond acceptors (Lipinski definition) is 14. The van der Waals surface area contributed by atoms with Gasteiger partial charge in [-0.05, 0) is 86.6 Å². The van der Waals surface area contributed by atoms with Crippen LogP contribution in [0.3, 0.4) is 0 Å². The number of sulfonamides is 2. The lowest BCUT2D eigenvalue weighted by Gasteiger charge is -2.28. The van der Waals surface area contributed by atoms with Gasteiger partial charge >= 0.3 is 5.97 Å². The van der Waals surface area contributed by atoms with Crippen LogP contribution in [0.4, 0.5) is 20.2 Å². The maximum atomic E-state index is 13.7. The van der Waals surface area contributed by atoms with E-state index in [1.54, 1.807) is 18.2 Å². The number of benzene rings is 2. The molecule has 2 aliphatic rings. The topological polar surface area (TPSA) is 195 Å². The third-order valence-electron chi connectivity index (χ3n) is 10.2. The highest BCUT2D eigenvalue weighted by Crippen LogP contribution is 2.28. The molecule has 64 heavy (non-hydrogen) atoms. The number of carbonyl (C=O) groups is 2. The first-order valence-corrected chi connectivity index (χ1v) is 24.3. The number of hydrogen-bond donors (Lipinski definition) is 1. The average Bonchev–Trinajstić information content (AvgIpc) is 3.30. The molecule has 2 aliphatic heterocycles. The highest BCUT2D eigenvalue weighted by Gasteiger charge is 2.27. The first-order valence-electron chi connectivity index (χ1n) is 20.3. The van der Waals surface area contributed by atoms with Crippen molar-refractivity contribution in [3.05, 3.63) is 117 Å². The second-order valence-electron chi connectivity index (χ2n) is 14.7. The number of Topliss-reactive ketones (excluding diaryl/α,β-unsaturated/α-hetero) is 1. The van der Waals surface area contributed by atoms with Gasteiger partial charge in [-0.3, -0.25) is 33.2 Å². The van der Waals surface area contributed by atoms with Gasteiger partial charge in [-0.1, -0.05) is 23.2 Å². The summed E-state index contributed by atoms with van der Waals surface area (Å²) in [5, 5.41) is -0.349. The van der Waals surface area contributed by atoms with Crippen LogP contribution in [-0.2, 0) is 47.3 Å². The highest BCUT2D eigenvalue weighted by molar-refractivity contribution is 7.93. The van der Waals surface area contributed by atoms with E-state index in [1.165, 1.54) is 54.1 Å². The number of halogens is 4. The van der Waals surface area contributed by atoms with Crippen LogP contribution in [0.25, 0.3) is 0 Å². The fraction of sp³-hybridized carbons (Fsp3) is 0.429. The van der Waals surface area contributed by atoms with Crippen molar-refractivity contribution in [1.82, 2.24) is 19.8 Å². The van der Waals surface area contributed by atoms with E-state index in [2.05, 4.69) is 24.5 Å². The van der Waals surface area contributed by atoms with Crippen LogP contribution in [0.2, 0.25) is 10.0 Å². The van der Waals surface area contributed by atoms with Crippen molar-refractivity contribution < 1.29 is 49.4 Å². The summed E-state index contributed by atoms with van der Waals surface area (Å²) in [6.07, 6.45) is 3.56. The van der Waals surface area contributed by atoms with Crippen molar-refractivity contribution in [1.29, 1.82) is 0 Å². The number of ether oxygens (including phenoxy) is 3. The van der Waals surface area contributed by atoms with E-state index in [9.17, 15) is 35.2 Å². The second kappa shape index (κ2) is 24.2. The lowest BCUT2D eigenvalue weighted by atomic mass is 10.2. The fourth-order valence-electron chi connectivity index (χ4n) is 6.64. The summed E-state index contributed by atoms with van der Waals surface area (Å²) in [5.74, 6) is -2.27. The molecule has 0 spiro atoms. The fourth-order valence-corrected chi connectivity index (χ4v) is 9.95. The molecular weight excluding hydrogens is 920 g/mol. The molecule has 0 amide bonds. The Morgan fingerprint density at radius 2 is 1.12 bits per heavy atom. The Labute approximate surface area is 382 Å². The molecule has 0 unspecified atom stereocenters. The van der Waals surface area contributed by atoms with E-state index in [-0.39, 0.29) is 63.9 Å². The van der Waals surface area contributed by atoms with Crippen LogP contribution < -0.4 is 14.3 Å². The van der Waals surface area contributed by atoms with Gasteiger partial charge in [0.2, 0.25) is 20.0 Å². The van der Waals surface area contributed by atoms with Crippen molar-refractivity contribution in [3.8, 4) is 0 Å². The van der Waals surface area contributed by atoms with Crippen LogP contribution >= 0.6 is 23.2 Å². The Morgan fingerprint density at radius 3 is 1.48 bits per heavy atom. The van der Waals surface area contributed by atoms with Crippen LogP contribution in [0.5, 0.6) is 0 Å². The smallest absolute Gasteiger partial charge is 0.339 e. The molecule has 2 saturated heterocycles. The van der Waals surface area contributed by atoms with Gasteiger partial charge in [0.05, 0.1) is 103 Å². The maximum Gasteiger partial charge on any atom is 0.339 e. The number of anilines is 2. The Hall–Kier alpha value is -4.38. The van der Waals surface area contributed by atoms with Crippen molar-refractivity contribution in [2.24, 2.45) is 5.73 Å². The summed E-state index contributed by atoms with van der Waals surface area (Å²) in [6.45, 7) is 6.59. The van der Waals surface area contributed by atoms with Gasteiger partial charge < -0.3 is 19.9 Å². The molecule has 16 nitrogen and oxygen atoms in total. The van der Waals surface area contributed by atoms with E-state index in [4.69, 9.17) is 38.4 Å². The lowest BCUT2D eigenvalue weighted by molar-refractivity contribution is 0.0380. The zero-order chi connectivity index (χ0) is 46.3. The van der Waals surface area contributed by atoms with Crippen LogP contribution in [-0.4, -0.2) is 139 Å². The van der Waals surface area contributed by atoms with Gasteiger partial charge in [0.1, 0.15) is 11.6 Å². The summed E-state index contributed by atoms with van der Waals surface area (Å²) < 4.78 is 97.9. The first kappa shape index (κ1) is 50.6. The maximum absolute atomic E-state index is 13.7. The minimum Gasteiger partial charge on any atom is -0.465 e. The normalized spacial score (nSPS) is 14.9. The molecule has 0 aliphatic carbocycles. The summed E-state index contributed by atoms with van der Waals surface area (Å²) >= 11 is 11.8. The van der Waals surface area contributed by atoms with Crippen LogP contribution in [0.1, 0.15) is 44.9 Å². The Kier molecular flexibility index (Phi) is 19.2. The summed E-state index contributed by atoms with van der Waals surface area (Å²) in [5.41, 5.74) is 7.28. The van der Waals surface area contributed by atoms with E-state index in [0.717, 1.165) is 42.6 Å². The standard InChI is InChI=1S/C21H26ClFN4O4S.C21H25ClFN3O5S/c22-19-12-18(4-5-20(19)23)27(15-17-3-2-16(14-25-17)21(28)13-24)32(29,30)11-1-6-26-7-9-31-10-8-26;1-30-21(27)16-3-4-17(24-14-16)15-26(18-5-6-20(23)19(22)13-18)32(28,29)12-2-7-25-8-10-31-11-9-25/h2-5,12,14H,1,6-11,13,15,24H2;3-6,13-14H,2,7-12,15H2,1H3. The molecule has 348 valence electrons. The van der Waals surface area contributed by atoms with E-state index >= 15 is 0 Å². The number of aromatic nitrogens is 2. The predicted octanol–water partition coefficient (Wildman–Crippen LogP) is 4.79. The molecule has 0 bridgehead atoms. The molecule has 2 N–H and O–H groups in total. The summed E-state index contributed by atoms with van der Waals surface area (Å²) in [7, 11) is -6.28. The summed E-state index contributed by atoms with van der Waals surface area (Å²) in [4.78, 5) is 36.0. The quantitative estimate of drug-likeness (QED) is 0.0995. The van der Waals surface area contributed by atoms with Gasteiger partial charge in [-0.25, -0.2) is 30.4 Å². The van der Waals surface area contributed by atoms with Gasteiger partial charge in [0.25, 0.3) is 0 Å². The van der Waals surface area contributed by atoms with Gasteiger partial charge in [0.15, 0.2) is 5.78 Å². The number of nitrogens with zero attached hydrogens (tertiary/aromatic N) is 6. The summed E-state index contributed by atoms with van der Waals surface area (Å²) in [6, 6.07) is 13.7. The number of morpholine rings is 2. The second-order valence-corrected chi connectivity index (χ2v) is 19.5. The van der Waals surface area contributed by atoms with Crippen molar-refractivity contribution >= 4 is 66.4 Å². The van der Waals surface area contributed by atoms with Crippen molar-refractivity contribution in [3.63, 3.8) is 0 Å². The number of esters is 1. The number of pyridine rings is 2. The molecule has 22 heteroatoms. The molecule has 2 fully saturated rings. The van der Waals surface area contributed by atoms with E-state index in [0.29, 0.717) is 69.3 Å². The lowest BCUT2D eigenvalue weighted by Crippen LogP contribution is -2.38. The molecule has 2 aromatic heterocycles. The average molecular weight is 971 g/mol. The largest absolute Gasteiger partial charge is 0.465 e. The molecular formula is C42H51Cl2F2N7O9S2. The molecule has 6 rings (SSSR count). The monoisotopic (exact) mass is 969 g/mol. The number of nitrogens with two attached hydrogens (primary N) is 1. The van der Waals surface area contributed by atoms with E-state index in [1.807, 2.05) is 0 Å². The molecule has 4 aromatic rings. The zero-order valence-electron chi connectivity index (χ0n) is 35.2. The number of carbonyl (C=O) groups excluding carboxylic acids is 2. The molecule has 0 radical (unpaired) electrons. The Balaban J connectivity index is 0.000000241. The molecule has 2 aromatic carbocycles. The third-order valence-corrected chi connectivity index (χ3v) is 14.4. The molecule has 4 heterocycles. The van der Waals surface area contributed by atoms with Gasteiger partial charge in [-0.2, -0.15) is 0 Å². The highest BCUT2D eigenvalue weighted by atomic mass is 35.5. The third kappa shape index (κ3) is 14.8.